The van der Waals surface area contributed by atoms with Crippen LogP contribution in [-0.4, -0.2) is 71.4 Å². The second-order valence-corrected chi connectivity index (χ2v) is 7.27. The zero-order valence-electron chi connectivity index (χ0n) is 14.4. The highest BCUT2D eigenvalue weighted by molar-refractivity contribution is 7.89. The van der Waals surface area contributed by atoms with Crippen LogP contribution in [0, 0.1) is 0 Å². The van der Waals surface area contributed by atoms with Crippen LogP contribution in [-0.2, 0) is 14.8 Å². The summed E-state index contributed by atoms with van der Waals surface area (Å²) in [6, 6.07) is 0. The zero-order valence-corrected chi connectivity index (χ0v) is 15.2. The van der Waals surface area contributed by atoms with E-state index in [0.29, 0.717) is 13.1 Å². The van der Waals surface area contributed by atoms with Crippen LogP contribution in [0.25, 0.3) is 0 Å². The van der Waals surface area contributed by atoms with Crippen LogP contribution in [0.3, 0.4) is 0 Å². The van der Waals surface area contributed by atoms with E-state index in [9.17, 15) is 8.42 Å². The Bertz CT molecular complexity index is 399. The molecule has 0 bridgehead atoms. The Kier molecular flexibility index (Phi) is 12.2. The van der Waals surface area contributed by atoms with E-state index in [0.717, 1.165) is 45.0 Å². The molecule has 0 saturated heterocycles. The highest BCUT2D eigenvalue weighted by Gasteiger charge is 2.13. The fraction of sp³-hybridized carbons (Fsp3) is 0.929. The van der Waals surface area contributed by atoms with Crippen molar-refractivity contribution in [3.8, 4) is 0 Å². The van der Waals surface area contributed by atoms with E-state index in [-0.39, 0.29) is 5.75 Å². The van der Waals surface area contributed by atoms with Gasteiger partial charge in [0.05, 0.1) is 5.75 Å². The molecule has 0 aromatic heterocycles. The van der Waals surface area contributed by atoms with E-state index in [1.807, 2.05) is 6.92 Å². The van der Waals surface area contributed by atoms with Crippen LogP contribution in [0.5, 0.6) is 0 Å². The van der Waals surface area contributed by atoms with Crippen LogP contribution < -0.4 is 10.6 Å². The Morgan fingerprint density at radius 2 is 1.77 bits per heavy atom. The molecule has 22 heavy (non-hydrogen) atoms. The van der Waals surface area contributed by atoms with Gasteiger partial charge >= 0.3 is 0 Å². The van der Waals surface area contributed by atoms with Gasteiger partial charge in [0, 0.05) is 46.9 Å². The van der Waals surface area contributed by atoms with Crippen molar-refractivity contribution >= 4 is 16.0 Å². The minimum atomic E-state index is -3.08. The number of guanidine groups is 1. The maximum atomic E-state index is 11.6. The molecule has 0 aliphatic heterocycles. The summed E-state index contributed by atoms with van der Waals surface area (Å²) in [5, 5.41) is 6.41. The van der Waals surface area contributed by atoms with Crippen molar-refractivity contribution in [1.82, 2.24) is 14.9 Å². The predicted molar refractivity (Wildman–Crippen MR) is 91.8 cm³/mol. The zero-order chi connectivity index (χ0) is 16.8. The second-order valence-electron chi connectivity index (χ2n) is 4.91. The van der Waals surface area contributed by atoms with E-state index >= 15 is 0 Å². The summed E-state index contributed by atoms with van der Waals surface area (Å²) < 4.78 is 29.9. The number of ether oxygens (including phenoxy) is 1. The van der Waals surface area contributed by atoms with Crippen LogP contribution in [0.2, 0.25) is 0 Å². The Balaban J connectivity index is 3.75. The third-order valence-electron chi connectivity index (χ3n) is 3.22. The maximum Gasteiger partial charge on any atom is 0.213 e. The van der Waals surface area contributed by atoms with Gasteiger partial charge in [-0.15, -0.1) is 0 Å². The van der Waals surface area contributed by atoms with Crippen molar-refractivity contribution in [2.45, 2.75) is 33.1 Å². The molecule has 132 valence electrons. The Labute approximate surface area is 135 Å². The molecule has 0 fully saturated rings. The van der Waals surface area contributed by atoms with Gasteiger partial charge in [0.25, 0.3) is 0 Å². The molecule has 0 aromatic carbocycles. The lowest BCUT2D eigenvalue weighted by molar-refractivity contribution is 0.143. The number of hydrogen-bond acceptors (Lipinski definition) is 4. The topological polar surface area (TPSA) is 83.0 Å². The van der Waals surface area contributed by atoms with E-state index in [1.165, 1.54) is 4.31 Å². The summed E-state index contributed by atoms with van der Waals surface area (Å²) in [5.74, 6) is 0.888. The quantitative estimate of drug-likeness (QED) is 0.310. The molecule has 2 N–H and O–H groups in total. The molecular formula is C14H32N4O3S. The van der Waals surface area contributed by atoms with Gasteiger partial charge in [0.1, 0.15) is 0 Å². The maximum absolute atomic E-state index is 11.6. The lowest BCUT2D eigenvalue weighted by Gasteiger charge is -2.16. The summed E-state index contributed by atoms with van der Waals surface area (Å²) in [6.07, 6.45) is 2.79. The largest absolute Gasteiger partial charge is 0.382 e. The first-order valence-corrected chi connectivity index (χ1v) is 9.55. The van der Waals surface area contributed by atoms with Crippen LogP contribution in [0.15, 0.2) is 4.99 Å². The highest BCUT2D eigenvalue weighted by atomic mass is 32.2. The van der Waals surface area contributed by atoms with Gasteiger partial charge in [-0.25, -0.2) is 12.7 Å². The molecule has 0 unspecified atom stereocenters. The van der Waals surface area contributed by atoms with Gasteiger partial charge < -0.3 is 15.4 Å². The molecule has 0 aliphatic carbocycles. The van der Waals surface area contributed by atoms with Gasteiger partial charge in [-0.2, -0.15) is 0 Å². The smallest absolute Gasteiger partial charge is 0.213 e. The number of unbranched alkanes of at least 4 members (excludes halogenated alkanes) is 1. The number of rotatable bonds is 12. The van der Waals surface area contributed by atoms with E-state index < -0.39 is 10.0 Å². The van der Waals surface area contributed by atoms with E-state index in [2.05, 4.69) is 15.6 Å². The van der Waals surface area contributed by atoms with Crippen molar-refractivity contribution in [2.24, 2.45) is 4.99 Å². The summed E-state index contributed by atoms with van der Waals surface area (Å²) in [4.78, 5) is 4.13. The number of nitrogens with zero attached hydrogens (tertiary/aromatic N) is 2. The van der Waals surface area contributed by atoms with Gasteiger partial charge in [0.15, 0.2) is 5.96 Å². The van der Waals surface area contributed by atoms with Crippen LogP contribution in [0.1, 0.15) is 33.1 Å². The van der Waals surface area contributed by atoms with Crippen LogP contribution in [0.4, 0.5) is 0 Å². The molecule has 8 heteroatoms. The number of nitrogens with one attached hydrogen (secondary N) is 2. The fourth-order valence-corrected chi connectivity index (χ4v) is 2.62. The van der Waals surface area contributed by atoms with Crippen molar-refractivity contribution in [2.75, 3.05) is 52.7 Å². The average molecular weight is 337 g/mol. The first kappa shape index (κ1) is 21.1. The van der Waals surface area contributed by atoms with Crippen molar-refractivity contribution in [3.05, 3.63) is 0 Å². The number of hydrogen-bond donors (Lipinski definition) is 2. The van der Waals surface area contributed by atoms with Crippen molar-refractivity contribution < 1.29 is 13.2 Å². The molecule has 0 spiro atoms. The lowest BCUT2D eigenvalue weighted by atomic mass is 10.3. The Morgan fingerprint density at radius 3 is 2.32 bits per heavy atom. The molecular weight excluding hydrogens is 304 g/mol. The van der Waals surface area contributed by atoms with Gasteiger partial charge in [-0.3, -0.25) is 4.99 Å². The summed E-state index contributed by atoms with van der Waals surface area (Å²) in [6.45, 7) is 7.24. The third kappa shape index (κ3) is 9.97. The molecule has 0 atom stereocenters. The average Bonchev–Trinajstić information content (AvgIpc) is 2.52. The fourth-order valence-electron chi connectivity index (χ4n) is 1.77. The van der Waals surface area contributed by atoms with Gasteiger partial charge in [-0.05, 0) is 33.1 Å². The normalized spacial score (nSPS) is 12.7. The van der Waals surface area contributed by atoms with E-state index in [4.69, 9.17) is 4.74 Å². The monoisotopic (exact) mass is 336 g/mol. The molecule has 0 heterocycles. The summed E-state index contributed by atoms with van der Waals surface area (Å²) in [5.41, 5.74) is 0. The van der Waals surface area contributed by atoms with Crippen LogP contribution >= 0.6 is 0 Å². The molecule has 0 aromatic rings. The standard InChI is InChI=1S/C14H32N4O3S/c1-5-21-13-8-7-10-16-14(15-3)17-11-9-12-18(4)22(19,20)6-2/h5-13H2,1-4H3,(H2,15,16,17). The molecule has 7 nitrogen and oxygen atoms in total. The minimum absolute atomic E-state index is 0.141. The molecule has 0 aliphatic rings. The summed E-state index contributed by atoms with van der Waals surface area (Å²) >= 11 is 0. The lowest BCUT2D eigenvalue weighted by Crippen LogP contribution is -2.39. The highest BCUT2D eigenvalue weighted by Crippen LogP contribution is 1.98. The molecule has 0 amide bonds. The van der Waals surface area contributed by atoms with Crippen molar-refractivity contribution in [1.29, 1.82) is 0 Å². The summed E-state index contributed by atoms with van der Waals surface area (Å²) in [7, 11) is 0.259. The number of aliphatic imine (C=N–C) groups is 1. The van der Waals surface area contributed by atoms with Gasteiger partial charge in [-0.1, -0.05) is 0 Å². The number of sulfonamides is 1. The first-order valence-electron chi connectivity index (χ1n) is 7.94. The minimum Gasteiger partial charge on any atom is -0.382 e. The second kappa shape index (κ2) is 12.7. The van der Waals surface area contributed by atoms with E-state index in [1.54, 1.807) is 21.0 Å². The Hall–Kier alpha value is -0.860. The van der Waals surface area contributed by atoms with Gasteiger partial charge in [0.2, 0.25) is 10.0 Å². The van der Waals surface area contributed by atoms with Crippen molar-refractivity contribution in [3.63, 3.8) is 0 Å². The molecule has 0 saturated carbocycles. The molecule has 0 radical (unpaired) electrons. The predicted octanol–water partition coefficient (Wildman–Crippen LogP) is 0.640. The first-order chi connectivity index (χ1) is 10.5. The SMILES string of the molecule is CCOCCCCNC(=NC)NCCCN(C)S(=O)(=O)CC. The Morgan fingerprint density at radius 1 is 1.14 bits per heavy atom. The third-order valence-corrected chi connectivity index (χ3v) is 5.08. The molecule has 0 rings (SSSR count).